The van der Waals surface area contributed by atoms with E-state index >= 15 is 0 Å². The smallest absolute Gasteiger partial charge is 0.353 e. The summed E-state index contributed by atoms with van der Waals surface area (Å²) in [5.74, 6) is -2.56. The van der Waals surface area contributed by atoms with Crippen LogP contribution in [0.15, 0.2) is 31.5 Å². The van der Waals surface area contributed by atoms with Crippen molar-refractivity contribution < 1.29 is 28.7 Å². The lowest BCUT2D eigenvalue weighted by Gasteiger charge is -2.49. The number of alkyl halides is 1. The summed E-state index contributed by atoms with van der Waals surface area (Å²) in [5.41, 5.74) is 16.6. The van der Waals surface area contributed by atoms with Gasteiger partial charge in [0.05, 0.1) is 12.3 Å². The second-order valence-electron chi connectivity index (χ2n) is 9.13. The number of carbonyl (C=O) groups is 3. The van der Waals surface area contributed by atoms with Crippen LogP contribution in [0.5, 0.6) is 0 Å². The van der Waals surface area contributed by atoms with Gasteiger partial charge in [0, 0.05) is 24.4 Å². The number of β-lactam (4-membered cyclic amide) rings is 1. The summed E-state index contributed by atoms with van der Waals surface area (Å²) in [6.07, 6.45) is 4.72. The molecule has 1 aliphatic carbocycles. The largest absolute Gasteiger partial charge is 0.477 e. The Bertz CT molecular complexity index is 1200. The minimum atomic E-state index is -1.33. The average Bonchev–Trinajstić information content (AvgIpc) is 3.36. The lowest BCUT2D eigenvalue weighted by atomic mass is 9.92. The number of nitrogens with zero attached hydrogens (tertiary/aromatic N) is 6. The van der Waals surface area contributed by atoms with E-state index in [0.29, 0.717) is 0 Å². The molecule has 2 fully saturated rings. The van der Waals surface area contributed by atoms with Gasteiger partial charge in [-0.15, -0.1) is 36.6 Å². The van der Waals surface area contributed by atoms with Crippen LogP contribution in [0.2, 0.25) is 0 Å². The van der Waals surface area contributed by atoms with E-state index < -0.39 is 47.3 Å². The van der Waals surface area contributed by atoms with Gasteiger partial charge in [0.25, 0.3) is 18.7 Å². The Morgan fingerprint density at radius 3 is 2.60 bits per heavy atom. The summed E-state index contributed by atoms with van der Waals surface area (Å²) >= 11 is 2.22. The molecule has 4 aliphatic rings. The number of carboxylic acid groups (broad SMARTS) is 1. The zero-order chi connectivity index (χ0) is 29.0. The van der Waals surface area contributed by atoms with Crippen molar-refractivity contribution in [1.82, 2.24) is 19.9 Å². The molecule has 9 N–H and O–H groups in total. The predicted molar refractivity (Wildman–Crippen MR) is 163 cm³/mol. The van der Waals surface area contributed by atoms with Gasteiger partial charge < -0.3 is 31.5 Å². The first-order valence-electron chi connectivity index (χ1n) is 12.2. The Balaban J connectivity index is 0.00000308. The van der Waals surface area contributed by atoms with Gasteiger partial charge in [0.2, 0.25) is 11.7 Å². The van der Waals surface area contributed by atoms with Crippen LogP contribution in [-0.4, -0.2) is 105 Å². The van der Waals surface area contributed by atoms with Crippen LogP contribution in [0.1, 0.15) is 25.7 Å². The maximum Gasteiger partial charge on any atom is 0.353 e. The topological polar surface area (TPSA) is 239 Å². The molecular weight excluding hydrogens is 640 g/mol. The number of aliphatic carboxylic acids is 1. The van der Waals surface area contributed by atoms with Gasteiger partial charge in [0.1, 0.15) is 17.1 Å². The number of fused-ring (bicyclic) bond motifs is 1. The Labute approximate surface area is 261 Å². The fourth-order valence-corrected chi connectivity index (χ4v) is 6.19. The first-order valence-corrected chi connectivity index (χ1v) is 14.1. The number of carboxylic acids is 1. The number of hydrogen-bond donors (Lipinski definition) is 6. The number of hydrogen-bond acceptors (Lipinski definition) is 13. The molecule has 0 aromatic carbocycles. The van der Waals surface area contributed by atoms with Crippen LogP contribution in [0.25, 0.3) is 0 Å². The summed E-state index contributed by atoms with van der Waals surface area (Å²) in [7, 11) is 1.59. The summed E-state index contributed by atoms with van der Waals surface area (Å²) in [4.78, 5) is 51.9. The summed E-state index contributed by atoms with van der Waals surface area (Å²) in [6.45, 7) is -1.29. The molecule has 1 saturated carbocycles. The number of amides is 2. The Morgan fingerprint density at radius 2 is 2.00 bits per heavy atom. The highest BCUT2D eigenvalue weighted by Gasteiger charge is 2.54. The van der Waals surface area contributed by atoms with Gasteiger partial charge >= 0.3 is 5.97 Å². The number of hydrazone groups is 1. The van der Waals surface area contributed by atoms with Gasteiger partial charge in [-0.05, 0) is 37.6 Å². The number of thioether (sulfide) groups is 1. The second-order valence-corrected chi connectivity index (χ2v) is 11.2. The maximum atomic E-state index is 13.0. The van der Waals surface area contributed by atoms with Crippen molar-refractivity contribution in [2.75, 3.05) is 19.7 Å². The van der Waals surface area contributed by atoms with E-state index in [4.69, 9.17) is 17.2 Å². The predicted octanol–water partition coefficient (Wildman–Crippen LogP) is -0.737. The number of amidine groups is 1. The van der Waals surface area contributed by atoms with Crippen LogP contribution >= 0.6 is 48.5 Å². The number of nitrogens with two attached hydrogens (primary N) is 3. The van der Waals surface area contributed by atoms with E-state index in [0.717, 1.165) is 42.5 Å². The minimum Gasteiger partial charge on any atom is -0.477 e. The Kier molecular flexibility index (Phi) is 13.1. The number of aliphatic imine (C=N–C) groups is 2. The average molecular weight is 673 g/mol. The second kappa shape index (κ2) is 15.6. The third-order valence-electron chi connectivity index (χ3n) is 6.44. The van der Waals surface area contributed by atoms with Crippen molar-refractivity contribution in [3.05, 3.63) is 11.3 Å². The van der Waals surface area contributed by atoms with Gasteiger partial charge in [0.15, 0.2) is 11.3 Å². The molecule has 1 saturated heterocycles. The van der Waals surface area contributed by atoms with Gasteiger partial charge in [-0.2, -0.15) is 5.10 Å². The van der Waals surface area contributed by atoms with E-state index in [1.54, 1.807) is 7.05 Å². The molecule has 0 aromatic rings. The van der Waals surface area contributed by atoms with Gasteiger partial charge in [-0.1, -0.05) is 5.16 Å². The van der Waals surface area contributed by atoms with Crippen molar-refractivity contribution in [1.29, 1.82) is 0 Å². The van der Waals surface area contributed by atoms with Crippen LogP contribution < -0.4 is 27.2 Å². The van der Waals surface area contributed by atoms with Crippen LogP contribution in [0.4, 0.5) is 4.39 Å². The number of nitrogens with one attached hydrogen (secondary N) is 2. The minimum absolute atomic E-state index is 0. The van der Waals surface area contributed by atoms with Crippen LogP contribution in [0.3, 0.4) is 0 Å². The highest BCUT2D eigenvalue weighted by atomic mass is 35.5. The molecule has 0 aromatic heterocycles. The molecule has 4 rings (SSSR count). The molecular formula is C21H32Cl2FN11O5S2. The molecule has 3 heterocycles. The standard InChI is InChI=1S/C21H30FN11O5S2.2ClH/c1-32(20(24)27-11-4-2-10(23)3-5-11)26-6-9-7-39-18-13(17(35)33(18)14(9)19(36)37)28-16(34)12(30-38-8-22)15-29-21(25)40-31-15;;/h6,10-11,13,18,21H,2-5,7-8,23,25H2,1H3,(H2,24,27)(H,28,34)(H,29,31)(H,36,37);2*1H/b26-6+,30-12-;;/t10?,11?,13-,18-,21?;;/m1../s1. The maximum absolute atomic E-state index is 13.0. The fraction of sp³-hybridized carbons (Fsp3) is 0.571. The summed E-state index contributed by atoms with van der Waals surface area (Å²) < 4.78 is 15.2. The van der Waals surface area contributed by atoms with Crippen LogP contribution in [0, 0.1) is 0 Å². The highest BCUT2D eigenvalue weighted by Crippen LogP contribution is 2.40. The third kappa shape index (κ3) is 7.95. The molecule has 1 unspecified atom stereocenters. The first-order chi connectivity index (χ1) is 19.1. The molecule has 0 spiro atoms. The Morgan fingerprint density at radius 1 is 1.31 bits per heavy atom. The lowest BCUT2D eigenvalue weighted by Crippen LogP contribution is -2.71. The molecule has 42 heavy (non-hydrogen) atoms. The van der Waals surface area contributed by atoms with Crippen molar-refractivity contribution in [2.45, 2.75) is 54.7 Å². The normalized spacial score (nSPS) is 27.6. The van der Waals surface area contributed by atoms with Crippen molar-refractivity contribution >= 4 is 90.0 Å². The Hall–Kier alpha value is -2.84. The number of oxime groups is 1. The fourth-order valence-electron chi connectivity index (χ4n) is 4.36. The quantitative estimate of drug-likeness (QED) is 0.0584. The van der Waals surface area contributed by atoms with E-state index in [9.17, 15) is 23.9 Å². The molecule has 2 amide bonds. The van der Waals surface area contributed by atoms with Gasteiger partial charge in [-0.3, -0.25) is 20.2 Å². The zero-order valence-electron chi connectivity index (χ0n) is 22.2. The molecule has 3 atom stereocenters. The SMILES string of the molecule is CN(/N=C/C1=C(C(=O)O)N2C(=O)[C@@H](NC(=O)/C(=N\OCF)C3=NC(N)SN3)[C@H]2SC1)C(N)=NC1CCC(N)CC1.Cl.Cl. The van der Waals surface area contributed by atoms with E-state index in [2.05, 4.69) is 35.1 Å². The number of guanidine groups is 1. The van der Waals surface area contributed by atoms with E-state index in [1.807, 2.05) is 0 Å². The molecule has 0 radical (unpaired) electrons. The molecule has 3 aliphatic heterocycles. The first kappa shape index (κ1) is 35.4. The number of halogens is 3. The molecule has 21 heteroatoms. The van der Waals surface area contributed by atoms with E-state index in [-0.39, 0.29) is 65.7 Å². The number of carbonyl (C=O) groups excluding carboxylic acids is 2. The molecule has 234 valence electrons. The molecule has 16 nitrogen and oxygen atoms in total. The monoisotopic (exact) mass is 671 g/mol. The lowest BCUT2D eigenvalue weighted by molar-refractivity contribution is -0.150. The summed E-state index contributed by atoms with van der Waals surface area (Å²) in [5, 5.41) is 20.7. The van der Waals surface area contributed by atoms with Crippen molar-refractivity contribution in [3.63, 3.8) is 0 Å². The van der Waals surface area contributed by atoms with E-state index in [1.165, 1.54) is 23.0 Å². The van der Waals surface area contributed by atoms with Crippen molar-refractivity contribution in [2.24, 2.45) is 37.4 Å². The summed E-state index contributed by atoms with van der Waals surface area (Å²) in [6, 6.07) is -0.848. The van der Waals surface area contributed by atoms with Crippen molar-refractivity contribution in [3.8, 4) is 0 Å². The van der Waals surface area contributed by atoms with Gasteiger partial charge in [-0.25, -0.2) is 24.2 Å². The third-order valence-corrected chi connectivity index (χ3v) is 8.40. The zero-order valence-corrected chi connectivity index (χ0v) is 25.5. The van der Waals surface area contributed by atoms with Crippen LogP contribution in [-0.2, 0) is 19.2 Å². The number of rotatable bonds is 9. The molecule has 0 bridgehead atoms. The highest BCUT2D eigenvalue weighted by molar-refractivity contribution is 8.00.